The van der Waals surface area contributed by atoms with Gasteiger partial charge in [-0.3, -0.25) is 9.78 Å². The van der Waals surface area contributed by atoms with Crippen LogP contribution < -0.4 is 10.1 Å². The third-order valence-electron chi connectivity index (χ3n) is 3.78. The van der Waals surface area contributed by atoms with Crippen molar-refractivity contribution in [3.8, 4) is 5.75 Å². The summed E-state index contributed by atoms with van der Waals surface area (Å²) in [6.07, 6.45) is 0. The van der Waals surface area contributed by atoms with Crippen molar-refractivity contribution in [2.24, 2.45) is 0 Å². The number of nitrogens with one attached hydrogen (secondary N) is 1. The number of benzene rings is 2. The van der Waals surface area contributed by atoms with Crippen molar-refractivity contribution in [1.29, 1.82) is 0 Å². The Morgan fingerprint density at radius 1 is 1.04 bits per heavy atom. The minimum atomic E-state index is -0.196. The molecule has 1 aromatic heterocycles. The van der Waals surface area contributed by atoms with Crippen molar-refractivity contribution in [2.75, 3.05) is 12.4 Å². The molecule has 0 bridgehead atoms. The molecule has 23 heavy (non-hydrogen) atoms. The molecule has 1 N–H and O–H groups in total. The number of aromatic nitrogens is 1. The van der Waals surface area contributed by atoms with Gasteiger partial charge in [-0.2, -0.15) is 0 Å². The van der Waals surface area contributed by atoms with Crippen molar-refractivity contribution in [3.05, 3.63) is 65.4 Å². The van der Waals surface area contributed by atoms with Crippen LogP contribution in [0.25, 0.3) is 10.9 Å². The smallest absolute Gasteiger partial charge is 0.259 e. The molecule has 4 heteroatoms. The van der Waals surface area contributed by atoms with E-state index in [9.17, 15) is 4.79 Å². The zero-order chi connectivity index (χ0) is 16.4. The Labute approximate surface area is 135 Å². The summed E-state index contributed by atoms with van der Waals surface area (Å²) in [5, 5.41) is 3.88. The number of nitrogens with zero attached hydrogens (tertiary/aromatic N) is 1. The Balaban J connectivity index is 2.00. The Hall–Kier alpha value is -2.88. The van der Waals surface area contributed by atoms with Crippen molar-refractivity contribution in [1.82, 2.24) is 4.98 Å². The molecule has 0 spiro atoms. The lowest BCUT2D eigenvalue weighted by Crippen LogP contribution is -2.14. The van der Waals surface area contributed by atoms with Crippen LogP contribution in [0.2, 0.25) is 0 Å². The number of para-hydroxylation sites is 1. The summed E-state index contributed by atoms with van der Waals surface area (Å²) in [6, 6.07) is 15.1. The van der Waals surface area contributed by atoms with E-state index in [2.05, 4.69) is 10.3 Å². The van der Waals surface area contributed by atoms with E-state index in [1.807, 2.05) is 56.3 Å². The van der Waals surface area contributed by atoms with Crippen molar-refractivity contribution in [2.45, 2.75) is 13.8 Å². The molecule has 0 saturated carbocycles. The molecule has 1 amide bonds. The van der Waals surface area contributed by atoms with E-state index in [0.717, 1.165) is 27.8 Å². The molecule has 1 heterocycles. The highest BCUT2D eigenvalue weighted by molar-refractivity contribution is 6.10. The van der Waals surface area contributed by atoms with E-state index in [1.165, 1.54) is 0 Å². The van der Waals surface area contributed by atoms with E-state index in [4.69, 9.17) is 4.74 Å². The monoisotopic (exact) mass is 306 g/mol. The summed E-state index contributed by atoms with van der Waals surface area (Å²) in [5.74, 6) is 0.401. The molecule has 0 saturated heterocycles. The highest BCUT2D eigenvalue weighted by Gasteiger charge is 2.15. The summed E-state index contributed by atoms with van der Waals surface area (Å²) in [5.41, 5.74) is 3.99. The summed E-state index contributed by atoms with van der Waals surface area (Å²) in [6.45, 7) is 3.86. The van der Waals surface area contributed by atoms with Crippen LogP contribution in [0.15, 0.2) is 48.5 Å². The third-order valence-corrected chi connectivity index (χ3v) is 3.78. The zero-order valence-corrected chi connectivity index (χ0v) is 13.4. The SMILES string of the molecule is COc1c(C)cccc1C(=O)Nc1cccc2nc(C)ccc12. The number of methoxy groups -OCH3 is 1. The standard InChI is InChI=1S/C19H18N2O2/c1-12-6-4-7-15(18(12)23-3)19(22)21-17-9-5-8-16-14(17)11-10-13(2)20-16/h4-11H,1-3H3,(H,21,22). The average molecular weight is 306 g/mol. The van der Waals surface area contributed by atoms with Gasteiger partial charge >= 0.3 is 0 Å². The molecular weight excluding hydrogens is 288 g/mol. The van der Waals surface area contributed by atoms with Gasteiger partial charge < -0.3 is 10.1 Å². The van der Waals surface area contributed by atoms with Crippen LogP contribution in [0.3, 0.4) is 0 Å². The lowest BCUT2D eigenvalue weighted by molar-refractivity contribution is 0.102. The number of anilines is 1. The quantitative estimate of drug-likeness (QED) is 0.792. The second-order valence-corrected chi connectivity index (χ2v) is 5.43. The van der Waals surface area contributed by atoms with Crippen molar-refractivity contribution in [3.63, 3.8) is 0 Å². The first-order valence-corrected chi connectivity index (χ1v) is 7.41. The fourth-order valence-electron chi connectivity index (χ4n) is 2.66. The number of amides is 1. The lowest BCUT2D eigenvalue weighted by Gasteiger charge is -2.12. The Bertz CT molecular complexity index is 888. The van der Waals surface area contributed by atoms with Crippen LogP contribution >= 0.6 is 0 Å². The van der Waals surface area contributed by atoms with Crippen LogP contribution in [-0.2, 0) is 0 Å². The molecule has 4 nitrogen and oxygen atoms in total. The second kappa shape index (κ2) is 6.08. The molecule has 0 aliphatic rings. The minimum absolute atomic E-state index is 0.196. The van der Waals surface area contributed by atoms with Crippen LogP contribution in [0.5, 0.6) is 5.75 Å². The fraction of sp³-hybridized carbons (Fsp3) is 0.158. The maximum Gasteiger partial charge on any atom is 0.259 e. The number of carbonyl (C=O) groups is 1. The Morgan fingerprint density at radius 2 is 1.83 bits per heavy atom. The van der Waals surface area contributed by atoms with Crippen LogP contribution in [0, 0.1) is 13.8 Å². The van der Waals surface area contributed by atoms with E-state index in [0.29, 0.717) is 11.3 Å². The number of fused-ring (bicyclic) bond motifs is 1. The molecular formula is C19H18N2O2. The molecule has 0 radical (unpaired) electrons. The Morgan fingerprint density at radius 3 is 2.61 bits per heavy atom. The van der Waals surface area contributed by atoms with Gasteiger partial charge in [0.2, 0.25) is 0 Å². The zero-order valence-electron chi connectivity index (χ0n) is 13.4. The van der Waals surface area contributed by atoms with Gasteiger partial charge in [0, 0.05) is 11.1 Å². The minimum Gasteiger partial charge on any atom is -0.496 e. The van der Waals surface area contributed by atoms with Gasteiger partial charge in [0.25, 0.3) is 5.91 Å². The summed E-state index contributed by atoms with van der Waals surface area (Å²) in [7, 11) is 1.57. The molecule has 3 rings (SSSR count). The van der Waals surface area contributed by atoms with Gasteiger partial charge in [-0.25, -0.2) is 0 Å². The highest BCUT2D eigenvalue weighted by Crippen LogP contribution is 2.26. The number of carbonyl (C=O) groups excluding carboxylic acids is 1. The topological polar surface area (TPSA) is 51.2 Å². The molecule has 0 aliphatic heterocycles. The molecule has 0 unspecified atom stereocenters. The van der Waals surface area contributed by atoms with Crippen molar-refractivity contribution >= 4 is 22.5 Å². The molecule has 0 fully saturated rings. The number of rotatable bonds is 3. The lowest BCUT2D eigenvalue weighted by atomic mass is 10.1. The summed E-state index contributed by atoms with van der Waals surface area (Å²) < 4.78 is 5.36. The normalized spacial score (nSPS) is 10.6. The van der Waals surface area contributed by atoms with Gasteiger partial charge in [-0.15, -0.1) is 0 Å². The van der Waals surface area contributed by atoms with Crippen LogP contribution in [0.4, 0.5) is 5.69 Å². The number of hydrogen-bond donors (Lipinski definition) is 1. The number of ether oxygens (including phenoxy) is 1. The fourth-order valence-corrected chi connectivity index (χ4v) is 2.66. The largest absolute Gasteiger partial charge is 0.496 e. The van der Waals surface area contributed by atoms with Gasteiger partial charge in [-0.1, -0.05) is 18.2 Å². The number of aryl methyl sites for hydroxylation is 2. The predicted molar refractivity (Wildman–Crippen MR) is 92.2 cm³/mol. The molecule has 116 valence electrons. The van der Waals surface area contributed by atoms with Gasteiger partial charge in [0.15, 0.2) is 0 Å². The number of hydrogen-bond acceptors (Lipinski definition) is 3. The molecule has 0 atom stereocenters. The van der Waals surface area contributed by atoms with E-state index in [-0.39, 0.29) is 5.91 Å². The molecule has 2 aromatic carbocycles. The van der Waals surface area contributed by atoms with Crippen molar-refractivity contribution < 1.29 is 9.53 Å². The van der Waals surface area contributed by atoms with Gasteiger partial charge in [0.05, 0.1) is 23.9 Å². The van der Waals surface area contributed by atoms with E-state index >= 15 is 0 Å². The summed E-state index contributed by atoms with van der Waals surface area (Å²) in [4.78, 5) is 17.1. The third kappa shape index (κ3) is 2.88. The number of pyridine rings is 1. The van der Waals surface area contributed by atoms with Crippen LogP contribution in [-0.4, -0.2) is 18.0 Å². The highest BCUT2D eigenvalue weighted by atomic mass is 16.5. The van der Waals surface area contributed by atoms with E-state index < -0.39 is 0 Å². The maximum atomic E-state index is 12.6. The molecule has 0 aliphatic carbocycles. The maximum absolute atomic E-state index is 12.6. The van der Waals surface area contributed by atoms with Gasteiger partial charge in [0.1, 0.15) is 5.75 Å². The first kappa shape index (κ1) is 15.0. The van der Waals surface area contributed by atoms with Crippen LogP contribution in [0.1, 0.15) is 21.6 Å². The first-order valence-electron chi connectivity index (χ1n) is 7.41. The average Bonchev–Trinajstić information content (AvgIpc) is 2.54. The second-order valence-electron chi connectivity index (χ2n) is 5.43. The van der Waals surface area contributed by atoms with E-state index in [1.54, 1.807) is 13.2 Å². The molecule has 3 aromatic rings. The predicted octanol–water partition coefficient (Wildman–Crippen LogP) is 4.11. The first-order chi connectivity index (χ1) is 11.1. The van der Waals surface area contributed by atoms with Gasteiger partial charge in [-0.05, 0) is 49.7 Å². The Kier molecular flexibility index (Phi) is 3.98. The summed E-state index contributed by atoms with van der Waals surface area (Å²) >= 11 is 0.